The summed E-state index contributed by atoms with van der Waals surface area (Å²) in [5, 5.41) is 14.0. The highest BCUT2D eigenvalue weighted by Crippen LogP contribution is 2.44. The van der Waals surface area contributed by atoms with E-state index in [1.165, 1.54) is 6.92 Å². The third kappa shape index (κ3) is 3.43. The Bertz CT molecular complexity index is 1460. The van der Waals surface area contributed by atoms with Crippen molar-refractivity contribution in [2.24, 2.45) is 0 Å². The highest BCUT2D eigenvalue weighted by Gasteiger charge is 2.42. The SMILES string of the molecule is CC(=O)c1c([C@H]2C[C@H]3CC[C@@H](C2)N3C#N)nc2c(-c3ccc(-c4ccccc4)nc3)cnn2c1N. The van der Waals surface area contributed by atoms with E-state index in [9.17, 15) is 10.1 Å². The predicted molar refractivity (Wildman–Crippen MR) is 132 cm³/mol. The Morgan fingerprint density at radius 2 is 1.80 bits per heavy atom. The fraction of sp³-hybridized carbons (Fsp3) is 0.296. The Morgan fingerprint density at radius 3 is 2.43 bits per heavy atom. The first-order valence-corrected chi connectivity index (χ1v) is 11.9. The van der Waals surface area contributed by atoms with Crippen molar-refractivity contribution < 1.29 is 4.79 Å². The number of Topliss-reactive ketones (excluding diaryl/α,β-unsaturated/α-hetero) is 1. The fourth-order valence-electron chi connectivity index (χ4n) is 5.79. The molecule has 0 saturated carbocycles. The maximum atomic E-state index is 12.7. The van der Waals surface area contributed by atoms with Crippen molar-refractivity contribution in [2.75, 3.05) is 5.73 Å². The molecule has 0 amide bonds. The van der Waals surface area contributed by atoms with Crippen LogP contribution in [0.2, 0.25) is 0 Å². The number of carbonyl (C=O) groups is 1. The number of hydrogen-bond donors (Lipinski definition) is 1. The van der Waals surface area contributed by atoms with Crippen LogP contribution in [-0.2, 0) is 0 Å². The molecule has 8 heteroatoms. The first-order chi connectivity index (χ1) is 17.0. The summed E-state index contributed by atoms with van der Waals surface area (Å²) in [7, 11) is 0. The Balaban J connectivity index is 1.44. The van der Waals surface area contributed by atoms with E-state index < -0.39 is 0 Å². The molecule has 4 aromatic rings. The molecule has 8 nitrogen and oxygen atoms in total. The third-order valence-corrected chi connectivity index (χ3v) is 7.44. The standard InChI is InChI=1S/C27H25N7O/c1-16(35)24-25(19-11-20-8-9-21(12-19)33(20)15-28)32-27-22(14-31-34(27)26(24)29)18-7-10-23(30-13-18)17-5-3-2-4-6-17/h2-7,10,13-14,19-21H,8-9,11-12,29H2,1H3/t19-,20+,21-. The minimum Gasteiger partial charge on any atom is -0.383 e. The number of fused-ring (bicyclic) bond motifs is 3. The minimum absolute atomic E-state index is 0.0737. The molecule has 0 spiro atoms. The summed E-state index contributed by atoms with van der Waals surface area (Å²) < 4.78 is 1.56. The van der Waals surface area contributed by atoms with Gasteiger partial charge in [0.15, 0.2) is 17.6 Å². The Labute approximate surface area is 203 Å². The van der Waals surface area contributed by atoms with Crippen molar-refractivity contribution in [3.8, 4) is 28.6 Å². The molecule has 35 heavy (non-hydrogen) atoms. The number of nitrogen functional groups attached to an aromatic ring is 1. The highest BCUT2D eigenvalue weighted by molar-refractivity contribution is 6.00. The summed E-state index contributed by atoms with van der Waals surface area (Å²) in [4.78, 5) is 24.3. The van der Waals surface area contributed by atoms with Gasteiger partial charge in [0.2, 0.25) is 0 Å². The summed E-state index contributed by atoms with van der Waals surface area (Å²) in [6.45, 7) is 1.53. The van der Waals surface area contributed by atoms with Gasteiger partial charge in [0, 0.05) is 40.9 Å². The number of rotatable bonds is 4. The average Bonchev–Trinajstić information content (AvgIpc) is 3.41. The van der Waals surface area contributed by atoms with Crippen LogP contribution < -0.4 is 5.73 Å². The van der Waals surface area contributed by atoms with Gasteiger partial charge in [-0.2, -0.15) is 14.9 Å². The summed E-state index contributed by atoms with van der Waals surface area (Å²) in [5.74, 6) is 0.269. The molecular formula is C27H25N7O. The number of hydrogen-bond acceptors (Lipinski definition) is 7. The number of ketones is 1. The monoisotopic (exact) mass is 463 g/mol. The molecule has 3 atom stereocenters. The lowest BCUT2D eigenvalue weighted by Gasteiger charge is -2.35. The molecule has 0 radical (unpaired) electrons. The van der Waals surface area contributed by atoms with Crippen molar-refractivity contribution in [3.63, 3.8) is 0 Å². The van der Waals surface area contributed by atoms with Crippen LogP contribution in [0.4, 0.5) is 5.82 Å². The number of benzene rings is 1. The van der Waals surface area contributed by atoms with Gasteiger partial charge in [0.1, 0.15) is 5.82 Å². The number of piperidine rings is 1. The smallest absolute Gasteiger partial charge is 0.179 e. The molecule has 0 unspecified atom stereocenters. The lowest BCUT2D eigenvalue weighted by Crippen LogP contribution is -2.39. The lowest BCUT2D eigenvalue weighted by atomic mass is 9.85. The second-order valence-corrected chi connectivity index (χ2v) is 9.47. The second kappa shape index (κ2) is 8.20. The average molecular weight is 464 g/mol. The van der Waals surface area contributed by atoms with Crippen molar-refractivity contribution in [1.29, 1.82) is 5.26 Å². The molecule has 2 bridgehead atoms. The van der Waals surface area contributed by atoms with E-state index in [2.05, 4.69) is 16.3 Å². The zero-order valence-electron chi connectivity index (χ0n) is 19.4. The molecule has 1 aromatic carbocycles. The molecule has 2 aliphatic rings. The van der Waals surface area contributed by atoms with E-state index in [0.29, 0.717) is 17.0 Å². The summed E-state index contributed by atoms with van der Waals surface area (Å²) in [6, 6.07) is 14.4. The normalized spacial score (nSPS) is 21.3. The molecule has 2 N–H and O–H groups in total. The number of aromatic nitrogens is 4. The van der Waals surface area contributed by atoms with Crippen LogP contribution in [0.15, 0.2) is 54.9 Å². The molecular weight excluding hydrogens is 438 g/mol. The van der Waals surface area contributed by atoms with Gasteiger partial charge >= 0.3 is 0 Å². The molecule has 0 aliphatic carbocycles. The number of carbonyl (C=O) groups excluding carboxylic acids is 1. The lowest BCUT2D eigenvalue weighted by molar-refractivity contribution is 0.101. The Kier molecular flexibility index (Phi) is 4.99. The molecule has 5 heterocycles. The van der Waals surface area contributed by atoms with Gasteiger partial charge in [0.25, 0.3) is 0 Å². The number of nitriles is 1. The van der Waals surface area contributed by atoms with Crippen LogP contribution in [0.3, 0.4) is 0 Å². The van der Waals surface area contributed by atoms with Gasteiger partial charge in [-0.05, 0) is 38.7 Å². The topological polar surface area (TPSA) is 113 Å². The van der Waals surface area contributed by atoms with E-state index in [4.69, 9.17) is 10.7 Å². The first kappa shape index (κ1) is 21.3. The predicted octanol–water partition coefficient (Wildman–Crippen LogP) is 4.43. The summed E-state index contributed by atoms with van der Waals surface area (Å²) >= 11 is 0. The molecule has 2 saturated heterocycles. The second-order valence-electron chi connectivity index (χ2n) is 9.47. The van der Waals surface area contributed by atoms with Crippen LogP contribution >= 0.6 is 0 Å². The molecule has 3 aromatic heterocycles. The Hall–Kier alpha value is -4.25. The van der Waals surface area contributed by atoms with Crippen LogP contribution in [0, 0.1) is 11.5 Å². The van der Waals surface area contributed by atoms with Gasteiger partial charge in [-0.15, -0.1) is 0 Å². The van der Waals surface area contributed by atoms with Crippen molar-refractivity contribution in [1.82, 2.24) is 24.5 Å². The van der Waals surface area contributed by atoms with Gasteiger partial charge in [0.05, 0.1) is 23.1 Å². The largest absolute Gasteiger partial charge is 0.383 e. The molecule has 6 rings (SSSR count). The molecule has 2 aliphatic heterocycles. The zero-order chi connectivity index (χ0) is 24.1. The maximum absolute atomic E-state index is 12.7. The Morgan fingerprint density at radius 1 is 1.06 bits per heavy atom. The van der Waals surface area contributed by atoms with Crippen molar-refractivity contribution in [2.45, 2.75) is 50.6 Å². The third-order valence-electron chi connectivity index (χ3n) is 7.44. The van der Waals surface area contributed by atoms with E-state index in [-0.39, 0.29) is 23.8 Å². The van der Waals surface area contributed by atoms with E-state index in [1.54, 1.807) is 10.7 Å². The van der Waals surface area contributed by atoms with Gasteiger partial charge in [-0.3, -0.25) is 9.78 Å². The van der Waals surface area contributed by atoms with E-state index in [0.717, 1.165) is 53.8 Å². The zero-order valence-corrected chi connectivity index (χ0v) is 19.4. The fourth-order valence-corrected chi connectivity index (χ4v) is 5.79. The van der Waals surface area contributed by atoms with Crippen LogP contribution in [-0.4, -0.2) is 42.3 Å². The van der Waals surface area contributed by atoms with Crippen LogP contribution in [0.25, 0.3) is 28.0 Å². The van der Waals surface area contributed by atoms with Crippen LogP contribution in [0.5, 0.6) is 0 Å². The quantitative estimate of drug-likeness (QED) is 0.352. The highest BCUT2D eigenvalue weighted by atomic mass is 16.1. The summed E-state index contributed by atoms with van der Waals surface area (Å²) in [6.07, 6.45) is 9.50. The number of pyridine rings is 1. The van der Waals surface area contributed by atoms with Crippen molar-refractivity contribution in [3.05, 3.63) is 66.1 Å². The van der Waals surface area contributed by atoms with Crippen molar-refractivity contribution >= 4 is 17.2 Å². The van der Waals surface area contributed by atoms with Gasteiger partial charge < -0.3 is 10.6 Å². The molecule has 174 valence electrons. The maximum Gasteiger partial charge on any atom is 0.179 e. The van der Waals surface area contributed by atoms with E-state index >= 15 is 0 Å². The number of nitrogens with two attached hydrogens (primary N) is 1. The number of anilines is 1. The number of nitrogens with zero attached hydrogens (tertiary/aromatic N) is 6. The van der Waals surface area contributed by atoms with Crippen LogP contribution in [0.1, 0.15) is 54.6 Å². The minimum atomic E-state index is -0.118. The molecule has 2 fully saturated rings. The van der Waals surface area contributed by atoms with Gasteiger partial charge in [-0.25, -0.2) is 4.98 Å². The van der Waals surface area contributed by atoms with Gasteiger partial charge in [-0.1, -0.05) is 36.4 Å². The first-order valence-electron chi connectivity index (χ1n) is 11.9. The summed E-state index contributed by atoms with van der Waals surface area (Å²) in [5.41, 5.74) is 11.9. The van der Waals surface area contributed by atoms with E-state index in [1.807, 2.05) is 53.6 Å².